The molecule has 0 saturated heterocycles. The van der Waals surface area contributed by atoms with Gasteiger partial charge in [-0.25, -0.2) is 0 Å². The standard InChI is InChI=1S/C21H20N2O2S/c1-4-11-23-18-14-15(2)13-16(3)20(18)26-21(23)22-19(24)10-12-25-17-8-6-5-7-9-17/h1,5-9,13-14H,10-12H2,2-3H3. The Bertz CT molecular complexity index is 1040. The van der Waals surface area contributed by atoms with Crippen molar-refractivity contribution < 1.29 is 9.53 Å². The van der Waals surface area contributed by atoms with Crippen LogP contribution in [0.25, 0.3) is 10.2 Å². The number of hydrogen-bond acceptors (Lipinski definition) is 3. The van der Waals surface area contributed by atoms with Gasteiger partial charge in [-0.2, -0.15) is 4.99 Å². The number of aromatic nitrogens is 1. The zero-order valence-electron chi connectivity index (χ0n) is 14.9. The molecule has 0 unspecified atom stereocenters. The molecule has 3 aromatic rings. The highest BCUT2D eigenvalue weighted by Gasteiger charge is 2.10. The first-order valence-corrected chi connectivity index (χ1v) is 9.19. The molecule has 26 heavy (non-hydrogen) atoms. The second-order valence-electron chi connectivity index (χ2n) is 6.02. The Morgan fingerprint density at radius 3 is 2.77 bits per heavy atom. The number of amides is 1. The maximum atomic E-state index is 12.3. The molecule has 0 N–H and O–H groups in total. The van der Waals surface area contributed by atoms with Crippen molar-refractivity contribution in [3.05, 3.63) is 58.4 Å². The zero-order chi connectivity index (χ0) is 18.5. The monoisotopic (exact) mass is 364 g/mol. The summed E-state index contributed by atoms with van der Waals surface area (Å²) in [5, 5.41) is 0. The number of nitrogens with zero attached hydrogens (tertiary/aromatic N) is 2. The highest BCUT2D eigenvalue weighted by Crippen LogP contribution is 2.23. The van der Waals surface area contributed by atoms with E-state index in [1.165, 1.54) is 11.3 Å². The topological polar surface area (TPSA) is 43.6 Å². The van der Waals surface area contributed by atoms with Gasteiger partial charge < -0.3 is 9.30 Å². The van der Waals surface area contributed by atoms with Crippen molar-refractivity contribution in [3.63, 3.8) is 0 Å². The van der Waals surface area contributed by atoms with Gasteiger partial charge in [-0.1, -0.05) is 41.5 Å². The van der Waals surface area contributed by atoms with Crippen molar-refractivity contribution in [3.8, 4) is 18.1 Å². The Hall–Kier alpha value is -2.84. The number of carbonyl (C=O) groups is 1. The lowest BCUT2D eigenvalue weighted by Crippen LogP contribution is -2.17. The van der Waals surface area contributed by atoms with E-state index in [0.29, 0.717) is 18.0 Å². The van der Waals surface area contributed by atoms with Crippen molar-refractivity contribution >= 4 is 27.5 Å². The highest BCUT2D eigenvalue weighted by molar-refractivity contribution is 7.16. The summed E-state index contributed by atoms with van der Waals surface area (Å²) in [5.74, 6) is 3.18. The van der Waals surface area contributed by atoms with Crippen molar-refractivity contribution in [2.45, 2.75) is 26.8 Å². The van der Waals surface area contributed by atoms with E-state index in [-0.39, 0.29) is 12.3 Å². The van der Waals surface area contributed by atoms with E-state index in [2.05, 4.69) is 30.0 Å². The number of fused-ring (bicyclic) bond motifs is 1. The van der Waals surface area contributed by atoms with Gasteiger partial charge in [0, 0.05) is 0 Å². The van der Waals surface area contributed by atoms with E-state index >= 15 is 0 Å². The SMILES string of the molecule is C#CCn1c(=NC(=O)CCOc2ccccc2)sc2c(C)cc(C)cc21. The fraction of sp³-hybridized carbons (Fsp3) is 0.238. The maximum absolute atomic E-state index is 12.3. The number of thiazole rings is 1. The van der Waals surface area contributed by atoms with E-state index in [1.807, 2.05) is 41.8 Å². The summed E-state index contributed by atoms with van der Waals surface area (Å²) in [5.41, 5.74) is 3.35. The van der Waals surface area contributed by atoms with Crippen LogP contribution >= 0.6 is 11.3 Å². The second kappa shape index (κ2) is 8.03. The Labute approximate surface area is 156 Å². The number of carbonyl (C=O) groups excluding carboxylic acids is 1. The fourth-order valence-corrected chi connectivity index (χ4v) is 3.87. The Morgan fingerprint density at radius 2 is 2.04 bits per heavy atom. The summed E-state index contributed by atoms with van der Waals surface area (Å²) < 4.78 is 8.61. The minimum absolute atomic E-state index is 0.215. The van der Waals surface area contributed by atoms with Gasteiger partial charge in [0.1, 0.15) is 5.75 Å². The molecular formula is C21H20N2O2S. The molecule has 0 aliphatic carbocycles. The van der Waals surface area contributed by atoms with Crippen LogP contribution in [0, 0.1) is 26.2 Å². The third kappa shape index (κ3) is 4.04. The lowest BCUT2D eigenvalue weighted by Gasteiger charge is -2.04. The Kier molecular flexibility index (Phi) is 5.55. The Balaban J connectivity index is 1.84. The maximum Gasteiger partial charge on any atom is 0.251 e. The third-order valence-electron chi connectivity index (χ3n) is 3.91. The molecule has 0 aliphatic rings. The van der Waals surface area contributed by atoms with Gasteiger partial charge in [0.05, 0.1) is 29.8 Å². The van der Waals surface area contributed by atoms with E-state index in [1.54, 1.807) is 0 Å². The van der Waals surface area contributed by atoms with Gasteiger partial charge in [-0.15, -0.1) is 6.42 Å². The first-order valence-electron chi connectivity index (χ1n) is 8.38. The first-order chi connectivity index (χ1) is 12.6. The Morgan fingerprint density at radius 1 is 1.27 bits per heavy atom. The van der Waals surface area contributed by atoms with Crippen molar-refractivity contribution in [2.75, 3.05) is 6.61 Å². The lowest BCUT2D eigenvalue weighted by molar-refractivity contribution is -0.118. The van der Waals surface area contributed by atoms with Crippen LogP contribution in [0.3, 0.4) is 0 Å². The van der Waals surface area contributed by atoms with Crippen molar-refractivity contribution in [2.24, 2.45) is 4.99 Å². The van der Waals surface area contributed by atoms with Crippen molar-refractivity contribution in [1.82, 2.24) is 4.57 Å². The smallest absolute Gasteiger partial charge is 0.251 e. The van der Waals surface area contributed by atoms with Crippen LogP contribution in [-0.4, -0.2) is 17.1 Å². The molecule has 4 nitrogen and oxygen atoms in total. The number of hydrogen-bond donors (Lipinski definition) is 0. The minimum atomic E-state index is -0.215. The average molecular weight is 364 g/mol. The molecule has 0 atom stereocenters. The molecule has 1 amide bonds. The fourth-order valence-electron chi connectivity index (χ4n) is 2.78. The van der Waals surface area contributed by atoms with Crippen molar-refractivity contribution in [1.29, 1.82) is 0 Å². The molecular weight excluding hydrogens is 344 g/mol. The summed E-state index contributed by atoms with van der Waals surface area (Å²) in [6, 6.07) is 13.6. The first kappa shape index (κ1) is 18.0. The van der Waals surface area contributed by atoms with Crippen LogP contribution in [0.4, 0.5) is 0 Å². The number of aryl methyl sites for hydroxylation is 2. The van der Waals surface area contributed by atoms with Gasteiger partial charge in [0.15, 0.2) is 4.80 Å². The van der Waals surface area contributed by atoms with Crippen LogP contribution in [-0.2, 0) is 11.3 Å². The largest absolute Gasteiger partial charge is 0.493 e. The van der Waals surface area contributed by atoms with Crippen LogP contribution in [0.2, 0.25) is 0 Å². The average Bonchev–Trinajstić information content (AvgIpc) is 2.94. The summed E-state index contributed by atoms with van der Waals surface area (Å²) in [7, 11) is 0. The highest BCUT2D eigenvalue weighted by atomic mass is 32.1. The molecule has 0 aliphatic heterocycles. The number of para-hydroxylation sites is 1. The third-order valence-corrected chi connectivity index (χ3v) is 5.14. The molecule has 0 fully saturated rings. The van der Waals surface area contributed by atoms with Crippen LogP contribution in [0.1, 0.15) is 17.5 Å². The molecule has 0 bridgehead atoms. The summed E-state index contributed by atoms with van der Waals surface area (Å²) in [6.45, 7) is 4.79. The minimum Gasteiger partial charge on any atom is -0.493 e. The number of rotatable bonds is 5. The molecule has 3 rings (SSSR count). The van der Waals surface area contributed by atoms with Gasteiger partial charge in [-0.3, -0.25) is 4.79 Å². The summed E-state index contributed by atoms with van der Waals surface area (Å²) >= 11 is 1.50. The predicted octanol–water partition coefficient (Wildman–Crippen LogP) is 3.85. The van der Waals surface area contributed by atoms with E-state index in [9.17, 15) is 4.79 Å². The molecule has 1 aromatic heterocycles. The van der Waals surface area contributed by atoms with E-state index in [4.69, 9.17) is 11.2 Å². The summed E-state index contributed by atoms with van der Waals surface area (Å²) in [4.78, 5) is 17.2. The molecule has 5 heteroatoms. The summed E-state index contributed by atoms with van der Waals surface area (Å²) in [6.07, 6.45) is 5.74. The van der Waals surface area contributed by atoms with Crippen LogP contribution in [0.5, 0.6) is 5.75 Å². The number of ether oxygens (including phenoxy) is 1. The molecule has 0 saturated carbocycles. The predicted molar refractivity (Wildman–Crippen MR) is 105 cm³/mol. The molecule has 132 valence electrons. The van der Waals surface area contributed by atoms with Crippen LogP contribution < -0.4 is 9.54 Å². The van der Waals surface area contributed by atoms with Gasteiger partial charge >= 0.3 is 0 Å². The number of benzene rings is 2. The molecule has 0 radical (unpaired) electrons. The lowest BCUT2D eigenvalue weighted by atomic mass is 10.1. The van der Waals surface area contributed by atoms with Gasteiger partial charge in [0.25, 0.3) is 5.91 Å². The molecule has 0 spiro atoms. The molecule has 2 aromatic carbocycles. The number of terminal acetylenes is 1. The van der Waals surface area contributed by atoms with Gasteiger partial charge in [-0.05, 0) is 43.2 Å². The van der Waals surface area contributed by atoms with Gasteiger partial charge in [0.2, 0.25) is 0 Å². The second-order valence-corrected chi connectivity index (χ2v) is 7.00. The van der Waals surface area contributed by atoms with Crippen LogP contribution in [0.15, 0.2) is 47.5 Å². The quantitative estimate of drug-likeness (QED) is 0.646. The zero-order valence-corrected chi connectivity index (χ0v) is 15.7. The normalized spacial score (nSPS) is 11.5. The van der Waals surface area contributed by atoms with E-state index in [0.717, 1.165) is 27.1 Å². The van der Waals surface area contributed by atoms with E-state index < -0.39 is 0 Å². The molecule has 1 heterocycles.